The predicted octanol–water partition coefficient (Wildman–Crippen LogP) is 7.58. The average Bonchev–Trinajstić information content (AvgIpc) is 2.75. The zero-order valence-corrected chi connectivity index (χ0v) is 18.4. The number of rotatable bonds is 9. The van der Waals surface area contributed by atoms with Gasteiger partial charge in [0.25, 0.3) is 0 Å². The van der Waals surface area contributed by atoms with Crippen molar-refractivity contribution in [3.05, 3.63) is 47.3 Å². The first-order valence-corrected chi connectivity index (χ1v) is 12.2. The molecule has 1 aromatic rings. The number of aliphatic hydroxyl groups is 1. The Balaban J connectivity index is 1.36. The minimum Gasteiger partial charge on any atom is -0.396 e. The third kappa shape index (κ3) is 6.95. The van der Waals surface area contributed by atoms with Crippen LogP contribution in [0, 0.1) is 23.6 Å². The lowest BCUT2D eigenvalue weighted by atomic mass is 9.74. The van der Waals surface area contributed by atoms with E-state index in [0.29, 0.717) is 17.9 Å². The maximum atomic E-state index is 14.2. The van der Waals surface area contributed by atoms with Crippen LogP contribution in [0.25, 0.3) is 0 Å². The second-order valence-corrected chi connectivity index (χ2v) is 9.62. The van der Waals surface area contributed by atoms with E-state index < -0.39 is 0 Å². The zero-order valence-electron chi connectivity index (χ0n) is 18.4. The maximum Gasteiger partial charge on any atom is 0.126 e. The van der Waals surface area contributed by atoms with Gasteiger partial charge in [-0.05, 0) is 105 Å². The van der Waals surface area contributed by atoms with Gasteiger partial charge in [0.2, 0.25) is 0 Å². The average molecular weight is 401 g/mol. The van der Waals surface area contributed by atoms with E-state index in [1.807, 2.05) is 6.07 Å². The van der Waals surface area contributed by atoms with E-state index >= 15 is 0 Å². The van der Waals surface area contributed by atoms with Crippen molar-refractivity contribution in [1.82, 2.24) is 0 Å². The molecule has 162 valence electrons. The normalized spacial score (nSPS) is 28.1. The van der Waals surface area contributed by atoms with Crippen molar-refractivity contribution in [2.45, 2.75) is 96.3 Å². The summed E-state index contributed by atoms with van der Waals surface area (Å²) in [5.41, 5.74) is 1.80. The highest BCUT2D eigenvalue weighted by Crippen LogP contribution is 2.40. The van der Waals surface area contributed by atoms with Gasteiger partial charge in [-0.1, -0.05) is 50.5 Å². The van der Waals surface area contributed by atoms with Crippen LogP contribution in [0.2, 0.25) is 0 Å². The lowest BCUT2D eigenvalue weighted by Crippen LogP contribution is -2.17. The summed E-state index contributed by atoms with van der Waals surface area (Å²) in [5, 5.41) is 9.02. The lowest BCUT2D eigenvalue weighted by Gasteiger charge is -2.31. The molecule has 0 heterocycles. The van der Waals surface area contributed by atoms with Crippen molar-refractivity contribution in [2.75, 3.05) is 6.61 Å². The molecule has 29 heavy (non-hydrogen) atoms. The van der Waals surface area contributed by atoms with E-state index in [1.54, 1.807) is 6.07 Å². The highest BCUT2D eigenvalue weighted by atomic mass is 19.1. The van der Waals surface area contributed by atoms with E-state index in [4.69, 9.17) is 5.11 Å². The van der Waals surface area contributed by atoms with E-state index in [0.717, 1.165) is 23.3 Å². The van der Waals surface area contributed by atoms with Crippen molar-refractivity contribution in [1.29, 1.82) is 0 Å². The standard InChI is InChI=1S/C27H41FO/c1-2-3-4-5-21-6-8-22(9-7-21)10-11-23-12-14-24(15-13-23)26-17-16-25(18-19-29)27(28)20-26/h4-5,16-17,20-24,29H,2-3,6-15,18-19H2,1H3/b5-4+. The van der Waals surface area contributed by atoms with Crippen molar-refractivity contribution < 1.29 is 9.50 Å². The Kier molecular flexibility index (Phi) is 9.24. The minimum absolute atomic E-state index is 0.0125. The Hall–Kier alpha value is -1.15. The number of halogens is 1. The van der Waals surface area contributed by atoms with E-state index in [9.17, 15) is 4.39 Å². The smallest absolute Gasteiger partial charge is 0.126 e. The van der Waals surface area contributed by atoms with Crippen LogP contribution in [-0.4, -0.2) is 11.7 Å². The fraction of sp³-hybridized carbons (Fsp3) is 0.704. The summed E-state index contributed by atoms with van der Waals surface area (Å²) in [4.78, 5) is 0. The molecule has 1 nitrogen and oxygen atoms in total. The molecule has 2 heteroatoms. The Morgan fingerprint density at radius 1 is 0.966 bits per heavy atom. The van der Waals surface area contributed by atoms with Crippen LogP contribution < -0.4 is 0 Å². The minimum atomic E-state index is -0.140. The van der Waals surface area contributed by atoms with Gasteiger partial charge in [-0.25, -0.2) is 4.39 Å². The SMILES string of the molecule is CCC/C=C/C1CCC(CCC2CCC(c3ccc(CCO)c(F)c3)CC2)CC1. The molecule has 0 aromatic heterocycles. The second-order valence-electron chi connectivity index (χ2n) is 9.62. The van der Waals surface area contributed by atoms with E-state index in [2.05, 4.69) is 25.1 Å². The maximum absolute atomic E-state index is 14.2. The fourth-order valence-electron chi connectivity index (χ4n) is 5.52. The number of benzene rings is 1. The topological polar surface area (TPSA) is 20.2 Å². The molecule has 2 saturated carbocycles. The van der Waals surface area contributed by atoms with Gasteiger partial charge in [-0.15, -0.1) is 0 Å². The van der Waals surface area contributed by atoms with Crippen molar-refractivity contribution >= 4 is 0 Å². The van der Waals surface area contributed by atoms with Crippen LogP contribution in [0.4, 0.5) is 4.39 Å². The summed E-state index contributed by atoms with van der Waals surface area (Å²) in [5.74, 6) is 3.06. The summed E-state index contributed by atoms with van der Waals surface area (Å²) in [7, 11) is 0. The summed E-state index contributed by atoms with van der Waals surface area (Å²) in [6.07, 6.45) is 21.3. The van der Waals surface area contributed by atoms with Gasteiger partial charge in [-0.2, -0.15) is 0 Å². The Morgan fingerprint density at radius 2 is 1.62 bits per heavy atom. The van der Waals surface area contributed by atoms with Gasteiger partial charge in [-0.3, -0.25) is 0 Å². The number of allylic oxidation sites excluding steroid dienone is 2. The highest BCUT2D eigenvalue weighted by molar-refractivity contribution is 5.27. The van der Waals surface area contributed by atoms with E-state index in [1.165, 1.54) is 77.0 Å². The first kappa shape index (κ1) is 22.5. The molecule has 2 aliphatic carbocycles. The van der Waals surface area contributed by atoms with Crippen molar-refractivity contribution in [3.8, 4) is 0 Å². The molecule has 2 fully saturated rings. The molecular weight excluding hydrogens is 359 g/mol. The largest absolute Gasteiger partial charge is 0.396 e. The van der Waals surface area contributed by atoms with Crippen molar-refractivity contribution in [2.24, 2.45) is 17.8 Å². The number of unbranched alkanes of at least 4 members (excludes halogenated alkanes) is 1. The summed E-state index contributed by atoms with van der Waals surface area (Å²) < 4.78 is 14.2. The molecule has 0 spiro atoms. The van der Waals surface area contributed by atoms with Crippen LogP contribution in [0.5, 0.6) is 0 Å². The van der Waals surface area contributed by atoms with Gasteiger partial charge < -0.3 is 5.11 Å². The first-order valence-electron chi connectivity index (χ1n) is 12.2. The number of hydrogen-bond acceptors (Lipinski definition) is 1. The molecular formula is C27H41FO. The van der Waals surface area contributed by atoms with Crippen LogP contribution in [0.15, 0.2) is 30.4 Å². The third-order valence-corrected chi connectivity index (χ3v) is 7.51. The molecule has 1 N–H and O–H groups in total. The molecule has 0 aliphatic heterocycles. The highest BCUT2D eigenvalue weighted by Gasteiger charge is 2.25. The van der Waals surface area contributed by atoms with Gasteiger partial charge >= 0.3 is 0 Å². The van der Waals surface area contributed by atoms with Crippen LogP contribution in [-0.2, 0) is 6.42 Å². The summed E-state index contributed by atoms with van der Waals surface area (Å²) >= 11 is 0. The van der Waals surface area contributed by atoms with Crippen LogP contribution in [0.1, 0.15) is 101 Å². The molecule has 0 atom stereocenters. The van der Waals surface area contributed by atoms with Gasteiger partial charge in [0.05, 0.1) is 0 Å². The van der Waals surface area contributed by atoms with Gasteiger partial charge in [0, 0.05) is 6.61 Å². The summed E-state index contributed by atoms with van der Waals surface area (Å²) in [6, 6.07) is 5.69. The molecule has 3 rings (SSSR count). The summed E-state index contributed by atoms with van der Waals surface area (Å²) in [6.45, 7) is 2.26. The lowest BCUT2D eigenvalue weighted by molar-refractivity contribution is 0.246. The first-order chi connectivity index (χ1) is 14.2. The van der Waals surface area contributed by atoms with E-state index in [-0.39, 0.29) is 12.4 Å². The number of hydrogen-bond donors (Lipinski definition) is 1. The Labute approximate surface area is 177 Å². The van der Waals surface area contributed by atoms with Gasteiger partial charge in [0.15, 0.2) is 0 Å². The second kappa shape index (κ2) is 11.9. The molecule has 1 aromatic carbocycles. The monoisotopic (exact) mass is 400 g/mol. The zero-order chi connectivity index (χ0) is 20.5. The molecule has 0 radical (unpaired) electrons. The Bertz CT molecular complexity index is 621. The van der Waals surface area contributed by atoms with Crippen LogP contribution >= 0.6 is 0 Å². The molecule has 0 saturated heterocycles. The molecule has 0 bridgehead atoms. The quantitative estimate of drug-likeness (QED) is 0.424. The molecule has 2 aliphatic rings. The predicted molar refractivity (Wildman–Crippen MR) is 121 cm³/mol. The van der Waals surface area contributed by atoms with Gasteiger partial charge in [0.1, 0.15) is 5.82 Å². The van der Waals surface area contributed by atoms with Crippen molar-refractivity contribution in [3.63, 3.8) is 0 Å². The van der Waals surface area contributed by atoms with Crippen LogP contribution in [0.3, 0.4) is 0 Å². The number of aliphatic hydroxyl groups excluding tert-OH is 1. The molecule has 0 amide bonds. The third-order valence-electron chi connectivity index (χ3n) is 7.51. The molecule has 0 unspecified atom stereocenters. The fourth-order valence-corrected chi connectivity index (χ4v) is 5.52. The Morgan fingerprint density at radius 3 is 2.21 bits per heavy atom.